The van der Waals surface area contributed by atoms with E-state index in [1.54, 1.807) is 49.6 Å². The summed E-state index contributed by atoms with van der Waals surface area (Å²) in [6.07, 6.45) is 4.96. The van der Waals surface area contributed by atoms with Crippen LogP contribution in [0.2, 0.25) is 0 Å². The molecule has 4 rings (SSSR count). The monoisotopic (exact) mass is 461 g/mol. The molecule has 1 N–H and O–H groups in total. The van der Waals surface area contributed by atoms with E-state index in [1.165, 1.54) is 17.0 Å². The van der Waals surface area contributed by atoms with Crippen molar-refractivity contribution in [3.8, 4) is 5.75 Å². The van der Waals surface area contributed by atoms with Crippen molar-refractivity contribution in [1.29, 1.82) is 0 Å². The van der Waals surface area contributed by atoms with Crippen molar-refractivity contribution in [3.63, 3.8) is 0 Å². The van der Waals surface area contributed by atoms with Gasteiger partial charge in [-0.2, -0.15) is 0 Å². The van der Waals surface area contributed by atoms with Gasteiger partial charge >= 0.3 is 0 Å². The Bertz CT molecular complexity index is 1270. The number of methoxy groups -OCH3 is 1. The first-order valence-electron chi connectivity index (χ1n) is 11.1. The lowest BCUT2D eigenvalue weighted by Crippen LogP contribution is -2.45. The second-order valence-corrected chi connectivity index (χ2v) is 8.66. The summed E-state index contributed by atoms with van der Waals surface area (Å²) in [4.78, 5) is 18.9. The quantitative estimate of drug-likeness (QED) is 0.424. The van der Waals surface area contributed by atoms with Crippen LogP contribution in [0.4, 0.5) is 4.39 Å². The fraction of sp³-hybridized carbons (Fsp3) is 0.259. The number of hydrogen-bond donors (Lipinski definition) is 1. The van der Waals surface area contributed by atoms with E-state index in [0.29, 0.717) is 5.56 Å². The molecule has 0 aliphatic heterocycles. The molecule has 0 saturated heterocycles. The van der Waals surface area contributed by atoms with Crippen molar-refractivity contribution in [2.75, 3.05) is 20.7 Å². The van der Waals surface area contributed by atoms with Crippen LogP contribution in [0.3, 0.4) is 0 Å². The first-order valence-corrected chi connectivity index (χ1v) is 11.1. The molecule has 2 atom stereocenters. The Kier molecular flexibility index (Phi) is 6.65. The molecule has 0 aliphatic rings. The zero-order valence-electron chi connectivity index (χ0n) is 19.5. The number of fused-ring (bicyclic) bond motifs is 1. The van der Waals surface area contributed by atoms with Gasteiger partial charge in [0.1, 0.15) is 17.2 Å². The molecule has 1 unspecified atom stereocenters. The van der Waals surface area contributed by atoms with Crippen molar-refractivity contribution in [1.82, 2.24) is 14.5 Å². The summed E-state index contributed by atoms with van der Waals surface area (Å²) in [5.41, 5.74) is -0.0256. The van der Waals surface area contributed by atoms with Gasteiger partial charge in [0.25, 0.3) is 0 Å². The molecular weight excluding hydrogens is 433 g/mol. The average molecular weight is 462 g/mol. The molecule has 1 heterocycles. The zero-order chi connectivity index (χ0) is 24.3. The van der Waals surface area contributed by atoms with E-state index in [9.17, 15) is 14.3 Å². The van der Waals surface area contributed by atoms with Crippen molar-refractivity contribution in [2.24, 2.45) is 0 Å². The molecule has 0 radical (unpaired) electrons. The standard InChI is InChI=1S/C27H28FN3O3/c1-19(20-4-5-22-15-25(34-3)11-6-21(22)14-20)26(32)30(2)16-27(33,17-31-13-12-29-18-31)23-7-9-24(28)10-8-23/h4-15,18-19,33H,16-17H2,1-3H3/t19-,27?/m0/s1. The number of benzene rings is 3. The summed E-state index contributed by atoms with van der Waals surface area (Å²) in [5, 5.41) is 13.7. The number of halogens is 1. The maximum absolute atomic E-state index is 13.5. The lowest BCUT2D eigenvalue weighted by Gasteiger charge is -2.34. The molecule has 0 aliphatic carbocycles. The van der Waals surface area contributed by atoms with Crippen molar-refractivity contribution >= 4 is 16.7 Å². The van der Waals surface area contributed by atoms with E-state index < -0.39 is 11.5 Å². The number of ether oxygens (including phenoxy) is 1. The van der Waals surface area contributed by atoms with E-state index in [1.807, 2.05) is 43.3 Å². The number of nitrogens with zero attached hydrogens (tertiary/aromatic N) is 3. The number of amides is 1. The van der Waals surface area contributed by atoms with Gasteiger partial charge in [-0.3, -0.25) is 4.79 Å². The molecule has 1 amide bonds. The second kappa shape index (κ2) is 9.65. The van der Waals surface area contributed by atoms with Gasteiger partial charge in [0.2, 0.25) is 5.91 Å². The lowest BCUT2D eigenvalue weighted by molar-refractivity contribution is -0.135. The third-order valence-electron chi connectivity index (χ3n) is 6.20. The van der Waals surface area contributed by atoms with Crippen LogP contribution in [0.1, 0.15) is 24.0 Å². The Morgan fingerprint density at radius 2 is 1.85 bits per heavy atom. The van der Waals surface area contributed by atoms with E-state index in [0.717, 1.165) is 22.1 Å². The first-order chi connectivity index (χ1) is 16.3. The van der Waals surface area contributed by atoms with Gasteiger partial charge in [0.15, 0.2) is 0 Å². The molecule has 0 saturated carbocycles. The summed E-state index contributed by atoms with van der Waals surface area (Å²) in [7, 11) is 3.30. The summed E-state index contributed by atoms with van der Waals surface area (Å²) in [6, 6.07) is 17.4. The highest BCUT2D eigenvalue weighted by atomic mass is 19.1. The van der Waals surface area contributed by atoms with E-state index in [4.69, 9.17) is 4.74 Å². The van der Waals surface area contributed by atoms with Gasteiger partial charge in [0, 0.05) is 19.4 Å². The molecule has 0 spiro atoms. The van der Waals surface area contributed by atoms with Crippen molar-refractivity contribution in [2.45, 2.75) is 25.0 Å². The maximum atomic E-state index is 13.5. The zero-order valence-corrected chi connectivity index (χ0v) is 19.5. The minimum Gasteiger partial charge on any atom is -0.497 e. The molecule has 34 heavy (non-hydrogen) atoms. The van der Waals surface area contributed by atoms with Gasteiger partial charge in [-0.25, -0.2) is 9.37 Å². The normalized spacial score (nSPS) is 13.9. The van der Waals surface area contributed by atoms with Crippen LogP contribution >= 0.6 is 0 Å². The Labute approximate surface area is 198 Å². The fourth-order valence-corrected chi connectivity index (χ4v) is 4.26. The Morgan fingerprint density at radius 3 is 2.53 bits per heavy atom. The lowest BCUT2D eigenvalue weighted by atomic mass is 9.91. The number of hydrogen-bond acceptors (Lipinski definition) is 4. The second-order valence-electron chi connectivity index (χ2n) is 8.66. The third-order valence-corrected chi connectivity index (χ3v) is 6.20. The molecule has 3 aromatic carbocycles. The third kappa shape index (κ3) is 4.94. The van der Waals surface area contributed by atoms with E-state index >= 15 is 0 Å². The van der Waals surface area contributed by atoms with E-state index in [2.05, 4.69) is 4.98 Å². The number of likely N-dealkylation sites (N-methyl/N-ethyl adjacent to an activating group) is 1. The van der Waals surface area contributed by atoms with Crippen LogP contribution in [-0.4, -0.2) is 46.2 Å². The Morgan fingerprint density at radius 1 is 1.15 bits per heavy atom. The first kappa shape index (κ1) is 23.4. The van der Waals surface area contributed by atoms with Crippen LogP contribution in [0.5, 0.6) is 5.75 Å². The Hall–Kier alpha value is -3.71. The molecule has 1 aromatic heterocycles. The van der Waals surface area contributed by atoms with E-state index in [-0.39, 0.29) is 24.8 Å². The van der Waals surface area contributed by atoms with Crippen LogP contribution in [-0.2, 0) is 16.9 Å². The number of rotatable bonds is 8. The number of carbonyl (C=O) groups excluding carboxylic acids is 1. The minimum absolute atomic E-state index is 0.0325. The van der Waals surface area contributed by atoms with Gasteiger partial charge in [-0.05, 0) is 53.1 Å². The Balaban J connectivity index is 1.57. The largest absolute Gasteiger partial charge is 0.497 e. The molecule has 4 aromatic rings. The minimum atomic E-state index is -1.43. The summed E-state index contributed by atoms with van der Waals surface area (Å²) < 4.78 is 20.5. The summed E-state index contributed by atoms with van der Waals surface area (Å²) in [6.45, 7) is 2.06. The smallest absolute Gasteiger partial charge is 0.229 e. The SMILES string of the molecule is COc1ccc2cc([C@H](C)C(=O)N(C)CC(O)(Cn3ccnc3)c3ccc(F)cc3)ccc2c1. The molecule has 0 bridgehead atoms. The predicted molar refractivity (Wildman–Crippen MR) is 129 cm³/mol. The molecule has 7 heteroatoms. The number of carbonyl (C=O) groups is 1. The summed E-state index contributed by atoms with van der Waals surface area (Å²) >= 11 is 0. The van der Waals surface area contributed by atoms with Gasteiger partial charge in [0.05, 0.1) is 32.4 Å². The topological polar surface area (TPSA) is 67.6 Å². The fourth-order valence-electron chi connectivity index (χ4n) is 4.26. The highest BCUT2D eigenvalue weighted by Crippen LogP contribution is 2.29. The van der Waals surface area contributed by atoms with Crippen LogP contribution in [0.25, 0.3) is 10.8 Å². The average Bonchev–Trinajstić information content (AvgIpc) is 3.35. The number of imidazole rings is 1. The van der Waals surface area contributed by atoms with Crippen LogP contribution in [0, 0.1) is 5.82 Å². The highest BCUT2D eigenvalue weighted by Gasteiger charge is 2.34. The van der Waals surface area contributed by atoms with Gasteiger partial charge in [-0.15, -0.1) is 0 Å². The molecule has 0 fully saturated rings. The molecular formula is C27H28FN3O3. The van der Waals surface area contributed by atoms with Gasteiger partial charge < -0.3 is 19.3 Å². The van der Waals surface area contributed by atoms with Gasteiger partial charge in [-0.1, -0.05) is 36.4 Å². The van der Waals surface area contributed by atoms with Crippen LogP contribution in [0.15, 0.2) is 79.4 Å². The van der Waals surface area contributed by atoms with Crippen LogP contribution < -0.4 is 4.74 Å². The number of aliphatic hydroxyl groups is 1. The molecule has 176 valence electrons. The highest BCUT2D eigenvalue weighted by molar-refractivity contribution is 5.88. The molecule has 6 nitrogen and oxygen atoms in total. The number of aromatic nitrogens is 2. The predicted octanol–water partition coefficient (Wildman–Crippen LogP) is 4.33. The summed E-state index contributed by atoms with van der Waals surface area (Å²) in [5.74, 6) is -0.149. The van der Waals surface area contributed by atoms with Crippen molar-refractivity contribution in [3.05, 3.63) is 96.3 Å². The maximum Gasteiger partial charge on any atom is 0.229 e. The van der Waals surface area contributed by atoms with Crippen molar-refractivity contribution < 1.29 is 19.0 Å².